The maximum Gasteiger partial charge on any atom is 0.185 e. The van der Waals surface area contributed by atoms with Gasteiger partial charge in [-0.1, -0.05) is 11.6 Å². The molecule has 96 valence electrons. The quantitative estimate of drug-likeness (QED) is 0.842. The van der Waals surface area contributed by atoms with Crippen molar-refractivity contribution in [2.75, 3.05) is 5.73 Å². The summed E-state index contributed by atoms with van der Waals surface area (Å²) in [6.45, 7) is 0. The molecule has 0 atom stereocenters. The van der Waals surface area contributed by atoms with Crippen LogP contribution in [0.25, 0.3) is 0 Å². The second-order valence-electron chi connectivity index (χ2n) is 3.63. The molecule has 2 rings (SSSR count). The van der Waals surface area contributed by atoms with Crippen molar-refractivity contribution in [3.63, 3.8) is 0 Å². The summed E-state index contributed by atoms with van der Waals surface area (Å²) in [5, 5.41) is 2.18. The van der Waals surface area contributed by atoms with Gasteiger partial charge in [0.15, 0.2) is 9.84 Å². The van der Waals surface area contributed by atoms with Crippen molar-refractivity contribution in [1.29, 1.82) is 0 Å². The maximum absolute atomic E-state index is 12.3. The van der Waals surface area contributed by atoms with E-state index in [0.717, 1.165) is 9.35 Å². The molecule has 2 N–H and O–H groups in total. The number of anilines is 1. The van der Waals surface area contributed by atoms with Crippen LogP contribution in [0.3, 0.4) is 0 Å². The van der Waals surface area contributed by atoms with Crippen LogP contribution in [-0.4, -0.2) is 8.42 Å². The topological polar surface area (TPSA) is 60.2 Å². The number of nitrogen functional groups attached to an aromatic ring is 1. The van der Waals surface area contributed by atoms with Gasteiger partial charge in [0.1, 0.15) is 0 Å². The van der Waals surface area contributed by atoms with E-state index in [1.807, 2.05) is 11.4 Å². The molecule has 2 aromatic rings. The minimum absolute atomic E-state index is 0.0790. The Balaban J connectivity index is 2.43. The first kappa shape index (κ1) is 13.9. The van der Waals surface area contributed by atoms with Crippen molar-refractivity contribution in [2.24, 2.45) is 0 Å². The molecule has 1 heterocycles. The molecule has 0 aliphatic heterocycles. The Kier molecular flexibility index (Phi) is 4.01. The summed E-state index contributed by atoms with van der Waals surface area (Å²) in [5.41, 5.74) is 5.91. The number of hydrogen-bond acceptors (Lipinski definition) is 4. The Morgan fingerprint density at radius 3 is 2.67 bits per heavy atom. The number of sulfone groups is 1. The summed E-state index contributed by atoms with van der Waals surface area (Å²) in [5.74, 6) is -0.0875. The molecule has 0 spiro atoms. The summed E-state index contributed by atoms with van der Waals surface area (Å²) < 4.78 is 25.3. The van der Waals surface area contributed by atoms with Crippen molar-refractivity contribution in [1.82, 2.24) is 0 Å². The summed E-state index contributed by atoms with van der Waals surface area (Å²) in [6.07, 6.45) is 0. The molecule has 1 aromatic heterocycles. The zero-order valence-corrected chi connectivity index (χ0v) is 13.0. The molecule has 0 fully saturated rings. The third kappa shape index (κ3) is 2.88. The largest absolute Gasteiger partial charge is 0.398 e. The van der Waals surface area contributed by atoms with Gasteiger partial charge in [-0.3, -0.25) is 0 Å². The molecule has 0 radical (unpaired) electrons. The molecule has 0 bridgehead atoms. The van der Waals surface area contributed by atoms with Crippen LogP contribution in [0.1, 0.15) is 4.88 Å². The first-order valence-corrected chi connectivity index (χ1v) is 8.60. The second-order valence-corrected chi connectivity index (χ2v) is 7.88. The number of halogens is 2. The van der Waals surface area contributed by atoms with E-state index in [-0.39, 0.29) is 16.3 Å². The summed E-state index contributed by atoms with van der Waals surface area (Å²) in [4.78, 5) is 0.824. The van der Waals surface area contributed by atoms with Gasteiger partial charge in [-0.15, -0.1) is 11.3 Å². The van der Waals surface area contributed by atoms with E-state index in [9.17, 15) is 8.42 Å². The van der Waals surface area contributed by atoms with Crippen molar-refractivity contribution in [3.05, 3.63) is 44.0 Å². The number of benzene rings is 1. The molecule has 0 unspecified atom stereocenters. The fraction of sp³-hybridized carbons (Fsp3) is 0.0909. The monoisotopic (exact) mass is 365 g/mol. The zero-order valence-electron chi connectivity index (χ0n) is 9.06. The fourth-order valence-corrected chi connectivity index (χ4v) is 5.28. The van der Waals surface area contributed by atoms with Crippen LogP contribution < -0.4 is 5.73 Å². The molecule has 1 aromatic carbocycles. The minimum atomic E-state index is -3.49. The molecule has 7 heteroatoms. The maximum atomic E-state index is 12.3. The lowest BCUT2D eigenvalue weighted by Crippen LogP contribution is -2.07. The van der Waals surface area contributed by atoms with Crippen LogP contribution >= 0.6 is 38.9 Å². The van der Waals surface area contributed by atoms with E-state index in [2.05, 4.69) is 15.9 Å². The Hall–Kier alpha value is -0.560. The smallest absolute Gasteiger partial charge is 0.185 e. The zero-order chi connectivity index (χ0) is 13.3. The van der Waals surface area contributed by atoms with E-state index >= 15 is 0 Å². The van der Waals surface area contributed by atoms with Crippen LogP contribution in [0.15, 0.2) is 39.0 Å². The number of hydrogen-bond donors (Lipinski definition) is 1. The molecule has 3 nitrogen and oxygen atoms in total. The highest BCUT2D eigenvalue weighted by Crippen LogP contribution is 2.30. The van der Waals surface area contributed by atoms with E-state index in [1.54, 1.807) is 6.07 Å². The van der Waals surface area contributed by atoms with Crippen LogP contribution in [0, 0.1) is 0 Å². The van der Waals surface area contributed by atoms with E-state index < -0.39 is 9.84 Å². The van der Waals surface area contributed by atoms with Gasteiger partial charge in [-0.25, -0.2) is 8.42 Å². The number of rotatable bonds is 3. The Labute approximate surface area is 123 Å². The highest BCUT2D eigenvalue weighted by molar-refractivity contribution is 9.10. The number of nitrogens with two attached hydrogens (primary N) is 1. The predicted octanol–water partition coefficient (Wildman–Crippen LogP) is 3.72. The first-order chi connectivity index (χ1) is 8.40. The Bertz CT molecular complexity index is 682. The van der Waals surface area contributed by atoms with Crippen molar-refractivity contribution in [3.8, 4) is 0 Å². The van der Waals surface area contributed by atoms with Crippen molar-refractivity contribution in [2.45, 2.75) is 10.6 Å². The normalized spacial score (nSPS) is 11.7. The highest BCUT2D eigenvalue weighted by atomic mass is 79.9. The molecular formula is C11H9BrClNO2S2. The second kappa shape index (κ2) is 5.21. The number of thiophene rings is 1. The lowest BCUT2D eigenvalue weighted by atomic mass is 10.3. The summed E-state index contributed by atoms with van der Waals surface area (Å²) in [7, 11) is -3.49. The highest BCUT2D eigenvalue weighted by Gasteiger charge is 2.20. The van der Waals surface area contributed by atoms with Gasteiger partial charge in [-0.2, -0.15) is 0 Å². The molecule has 0 aliphatic carbocycles. The molecule has 0 saturated carbocycles. The molecule has 18 heavy (non-hydrogen) atoms. The van der Waals surface area contributed by atoms with E-state index in [4.69, 9.17) is 17.3 Å². The third-order valence-electron chi connectivity index (χ3n) is 2.32. The predicted molar refractivity (Wildman–Crippen MR) is 78.8 cm³/mol. The molecular weight excluding hydrogens is 358 g/mol. The standard InChI is InChI=1S/C11H9BrClNO2S2/c12-8-3-4-17-10(8)6-18(15,16)11-5-7(13)1-2-9(11)14/h1-5H,6,14H2. The molecule has 0 amide bonds. The van der Waals surface area contributed by atoms with Gasteiger partial charge in [-0.05, 0) is 45.6 Å². The average Bonchev–Trinajstić information content (AvgIpc) is 2.67. The lowest BCUT2D eigenvalue weighted by molar-refractivity contribution is 0.596. The third-order valence-corrected chi connectivity index (χ3v) is 6.36. The van der Waals surface area contributed by atoms with Crippen LogP contribution in [-0.2, 0) is 15.6 Å². The van der Waals surface area contributed by atoms with Gasteiger partial charge in [0.25, 0.3) is 0 Å². The van der Waals surface area contributed by atoms with Crippen LogP contribution in [0.4, 0.5) is 5.69 Å². The minimum Gasteiger partial charge on any atom is -0.398 e. The van der Waals surface area contributed by atoms with Gasteiger partial charge in [0.05, 0.1) is 16.3 Å². The lowest BCUT2D eigenvalue weighted by Gasteiger charge is -2.07. The van der Waals surface area contributed by atoms with Crippen LogP contribution in [0.2, 0.25) is 5.02 Å². The molecule has 0 saturated heterocycles. The molecule has 0 aliphatic rings. The van der Waals surface area contributed by atoms with Gasteiger partial charge in [0.2, 0.25) is 0 Å². The first-order valence-electron chi connectivity index (χ1n) is 4.90. The van der Waals surface area contributed by atoms with Crippen molar-refractivity contribution >= 4 is 54.4 Å². The van der Waals surface area contributed by atoms with Gasteiger partial charge >= 0.3 is 0 Å². The van der Waals surface area contributed by atoms with E-state index in [1.165, 1.54) is 23.5 Å². The Morgan fingerprint density at radius 2 is 2.06 bits per heavy atom. The fourth-order valence-electron chi connectivity index (χ4n) is 1.46. The Morgan fingerprint density at radius 1 is 1.33 bits per heavy atom. The van der Waals surface area contributed by atoms with Crippen LogP contribution in [0.5, 0.6) is 0 Å². The average molecular weight is 367 g/mol. The summed E-state index contributed by atoms with van der Waals surface area (Å²) >= 11 is 10.5. The van der Waals surface area contributed by atoms with Crippen molar-refractivity contribution < 1.29 is 8.42 Å². The van der Waals surface area contributed by atoms with Gasteiger partial charge in [0, 0.05) is 14.4 Å². The van der Waals surface area contributed by atoms with E-state index in [0.29, 0.717) is 5.02 Å². The summed E-state index contributed by atoms with van der Waals surface area (Å²) in [6, 6.07) is 6.26. The van der Waals surface area contributed by atoms with Gasteiger partial charge < -0.3 is 5.73 Å². The SMILES string of the molecule is Nc1ccc(Cl)cc1S(=O)(=O)Cc1sccc1Br.